The molecule has 0 bridgehead atoms. The van der Waals surface area contributed by atoms with E-state index in [0.29, 0.717) is 6.42 Å². The number of carbonyl (C=O) groups is 1. The lowest BCUT2D eigenvalue weighted by Crippen LogP contribution is -2.36. The Morgan fingerprint density at radius 3 is 2.89 bits per heavy atom. The average molecular weight is 269 g/mol. The van der Waals surface area contributed by atoms with Crippen molar-refractivity contribution >= 4 is 21.4 Å². The highest BCUT2D eigenvalue weighted by molar-refractivity contribution is 7.91. The summed E-state index contributed by atoms with van der Waals surface area (Å²) in [5.74, 6) is -0.180. The summed E-state index contributed by atoms with van der Waals surface area (Å²) in [5, 5.41) is 5.61. The predicted molar refractivity (Wildman–Crippen MR) is 68.3 cm³/mol. The largest absolute Gasteiger partial charge is 0.388 e. The van der Waals surface area contributed by atoms with Crippen molar-refractivity contribution in [3.63, 3.8) is 0 Å². The molecule has 1 amide bonds. The topological polar surface area (TPSA) is 88.2 Å². The van der Waals surface area contributed by atoms with E-state index < -0.39 is 9.84 Å². The first-order chi connectivity index (χ1) is 8.50. The molecule has 0 spiro atoms. The average Bonchev–Trinajstić information content (AvgIpc) is 2.68. The fraction of sp³-hybridized carbons (Fsp3) is 0.455. The molecule has 0 aliphatic carbocycles. The number of rotatable bonds is 3. The lowest BCUT2D eigenvalue weighted by atomic mass is 10.2. The van der Waals surface area contributed by atoms with Gasteiger partial charge in [0.15, 0.2) is 9.84 Å². The van der Waals surface area contributed by atoms with Crippen LogP contribution in [0.1, 0.15) is 16.9 Å². The number of hydrogen-bond acceptors (Lipinski definition) is 5. The molecule has 7 heteroatoms. The molecular weight excluding hydrogens is 254 g/mol. The molecule has 2 N–H and O–H groups in total. The first kappa shape index (κ1) is 12.8. The number of hydrogen-bond donors (Lipinski definition) is 2. The summed E-state index contributed by atoms with van der Waals surface area (Å²) in [6.45, 7) is 0. The molecule has 1 saturated heterocycles. The first-order valence-corrected chi connectivity index (χ1v) is 7.47. The second-order valence-electron chi connectivity index (χ2n) is 4.25. The second kappa shape index (κ2) is 4.93. The molecule has 98 valence electrons. The summed E-state index contributed by atoms with van der Waals surface area (Å²) in [5.41, 5.74) is 1.07. The Morgan fingerprint density at radius 2 is 2.28 bits per heavy atom. The van der Waals surface area contributed by atoms with Crippen molar-refractivity contribution in [3.8, 4) is 0 Å². The molecule has 0 radical (unpaired) electrons. The van der Waals surface area contributed by atoms with E-state index in [4.69, 9.17) is 0 Å². The van der Waals surface area contributed by atoms with Crippen LogP contribution in [0.4, 0.5) is 5.69 Å². The molecule has 1 aromatic rings. The normalized spacial score (nSPS) is 21.5. The molecule has 1 aromatic heterocycles. The SMILES string of the molecule is CNc1ccnc(C(=O)NC2CCS(=O)(=O)C2)c1. The maximum Gasteiger partial charge on any atom is 0.270 e. The van der Waals surface area contributed by atoms with E-state index >= 15 is 0 Å². The molecule has 18 heavy (non-hydrogen) atoms. The smallest absolute Gasteiger partial charge is 0.270 e. The van der Waals surface area contributed by atoms with Crippen molar-refractivity contribution in [1.82, 2.24) is 10.3 Å². The Hall–Kier alpha value is -1.63. The molecule has 0 aromatic carbocycles. The van der Waals surface area contributed by atoms with Gasteiger partial charge in [0.05, 0.1) is 11.5 Å². The zero-order chi connectivity index (χ0) is 13.2. The van der Waals surface area contributed by atoms with Crippen LogP contribution in [0.15, 0.2) is 18.3 Å². The van der Waals surface area contributed by atoms with Gasteiger partial charge in [0.2, 0.25) is 0 Å². The number of nitrogens with one attached hydrogen (secondary N) is 2. The minimum atomic E-state index is -2.98. The third-order valence-corrected chi connectivity index (χ3v) is 4.62. The maximum atomic E-state index is 11.9. The number of sulfone groups is 1. The van der Waals surface area contributed by atoms with Crippen LogP contribution in [0, 0.1) is 0 Å². The molecule has 2 rings (SSSR count). The van der Waals surface area contributed by atoms with Gasteiger partial charge in [-0.2, -0.15) is 0 Å². The van der Waals surface area contributed by atoms with E-state index in [-0.39, 0.29) is 29.1 Å². The number of anilines is 1. The minimum Gasteiger partial charge on any atom is -0.388 e. The fourth-order valence-electron chi connectivity index (χ4n) is 1.88. The molecule has 1 aliphatic rings. The quantitative estimate of drug-likeness (QED) is 0.809. The highest BCUT2D eigenvalue weighted by Gasteiger charge is 2.29. The van der Waals surface area contributed by atoms with Crippen molar-refractivity contribution in [2.45, 2.75) is 12.5 Å². The Bertz CT molecular complexity index is 556. The highest BCUT2D eigenvalue weighted by Crippen LogP contribution is 2.12. The number of nitrogens with zero attached hydrogens (tertiary/aromatic N) is 1. The van der Waals surface area contributed by atoms with Crippen LogP contribution in [0.5, 0.6) is 0 Å². The van der Waals surface area contributed by atoms with Crippen LogP contribution in [0.3, 0.4) is 0 Å². The molecule has 1 fully saturated rings. The zero-order valence-electron chi connectivity index (χ0n) is 10.0. The lowest BCUT2D eigenvalue weighted by molar-refractivity contribution is 0.0936. The van der Waals surface area contributed by atoms with Gasteiger partial charge in [-0.25, -0.2) is 8.42 Å². The molecule has 0 saturated carbocycles. The van der Waals surface area contributed by atoms with E-state index in [1.165, 1.54) is 6.20 Å². The van der Waals surface area contributed by atoms with Crippen molar-refractivity contribution in [3.05, 3.63) is 24.0 Å². The van der Waals surface area contributed by atoms with Gasteiger partial charge in [-0.15, -0.1) is 0 Å². The standard InChI is InChI=1S/C11H15N3O3S/c1-12-8-2-4-13-10(6-8)11(15)14-9-3-5-18(16,17)7-9/h2,4,6,9H,3,5,7H2,1H3,(H,12,13)(H,14,15). The number of pyridine rings is 1. The second-order valence-corrected chi connectivity index (χ2v) is 6.48. The molecule has 1 aliphatic heterocycles. The number of carbonyl (C=O) groups excluding carboxylic acids is 1. The van der Waals surface area contributed by atoms with Crippen LogP contribution in [-0.4, -0.2) is 43.9 Å². The van der Waals surface area contributed by atoms with Crippen LogP contribution >= 0.6 is 0 Å². The maximum absolute atomic E-state index is 11.9. The number of amides is 1. The summed E-state index contributed by atoms with van der Waals surface area (Å²) in [7, 11) is -1.23. The summed E-state index contributed by atoms with van der Waals surface area (Å²) >= 11 is 0. The van der Waals surface area contributed by atoms with Crippen LogP contribution in [-0.2, 0) is 9.84 Å². The van der Waals surface area contributed by atoms with E-state index in [2.05, 4.69) is 15.6 Å². The van der Waals surface area contributed by atoms with E-state index in [0.717, 1.165) is 5.69 Å². The lowest BCUT2D eigenvalue weighted by Gasteiger charge is -2.10. The summed E-state index contributed by atoms with van der Waals surface area (Å²) < 4.78 is 22.6. The Labute approximate surface area is 106 Å². The van der Waals surface area contributed by atoms with Gasteiger partial charge in [0.1, 0.15) is 5.69 Å². The first-order valence-electron chi connectivity index (χ1n) is 5.65. The highest BCUT2D eigenvalue weighted by atomic mass is 32.2. The van der Waals surface area contributed by atoms with Crippen LogP contribution < -0.4 is 10.6 Å². The van der Waals surface area contributed by atoms with Gasteiger partial charge in [-0.1, -0.05) is 0 Å². The summed E-state index contributed by atoms with van der Waals surface area (Å²) in [4.78, 5) is 15.8. The molecule has 2 heterocycles. The van der Waals surface area contributed by atoms with E-state index in [1.54, 1.807) is 19.2 Å². The van der Waals surface area contributed by atoms with Crippen LogP contribution in [0.25, 0.3) is 0 Å². The summed E-state index contributed by atoms with van der Waals surface area (Å²) in [6.07, 6.45) is 2.01. The van der Waals surface area contributed by atoms with Gasteiger partial charge < -0.3 is 10.6 Å². The van der Waals surface area contributed by atoms with Gasteiger partial charge in [0.25, 0.3) is 5.91 Å². The third-order valence-electron chi connectivity index (χ3n) is 2.85. The Kier molecular flexibility index (Phi) is 3.51. The summed E-state index contributed by atoms with van der Waals surface area (Å²) in [6, 6.07) is 3.07. The van der Waals surface area contributed by atoms with Gasteiger partial charge in [-0.05, 0) is 18.6 Å². The Morgan fingerprint density at radius 1 is 1.50 bits per heavy atom. The van der Waals surface area contributed by atoms with Gasteiger partial charge >= 0.3 is 0 Å². The Balaban J connectivity index is 2.04. The van der Waals surface area contributed by atoms with Crippen molar-refractivity contribution in [2.75, 3.05) is 23.9 Å². The predicted octanol–water partition coefficient (Wildman–Crippen LogP) is 0.0402. The molecule has 6 nitrogen and oxygen atoms in total. The van der Waals surface area contributed by atoms with Crippen LogP contribution in [0.2, 0.25) is 0 Å². The molecule has 1 atom stereocenters. The zero-order valence-corrected chi connectivity index (χ0v) is 10.8. The third kappa shape index (κ3) is 2.98. The molecule has 1 unspecified atom stereocenters. The fourth-order valence-corrected chi connectivity index (χ4v) is 3.55. The van der Waals surface area contributed by atoms with Gasteiger partial charge in [0, 0.05) is 25.0 Å². The van der Waals surface area contributed by atoms with Gasteiger partial charge in [-0.3, -0.25) is 9.78 Å². The monoisotopic (exact) mass is 269 g/mol. The molecular formula is C11H15N3O3S. The van der Waals surface area contributed by atoms with E-state index in [9.17, 15) is 13.2 Å². The number of aromatic nitrogens is 1. The van der Waals surface area contributed by atoms with E-state index in [1.807, 2.05) is 0 Å². The minimum absolute atomic E-state index is 0.0183. The van der Waals surface area contributed by atoms with Crippen molar-refractivity contribution in [2.24, 2.45) is 0 Å². The van der Waals surface area contributed by atoms with Crippen molar-refractivity contribution in [1.29, 1.82) is 0 Å². The van der Waals surface area contributed by atoms with Crippen molar-refractivity contribution < 1.29 is 13.2 Å².